The number of benzene rings is 2. The molecule has 0 bridgehead atoms. The van der Waals surface area contributed by atoms with E-state index in [4.69, 9.17) is 0 Å². The third kappa shape index (κ3) is 4.34. The first kappa shape index (κ1) is 13.5. The van der Waals surface area contributed by atoms with Crippen LogP contribution in [0.5, 0.6) is 0 Å². The topological polar surface area (TPSA) is 41.8 Å². The largest absolute Gasteiger partial charge is 0.250 e. The molecule has 0 spiro atoms. The predicted molar refractivity (Wildman–Crippen MR) is 81.5 cm³/mol. The highest BCUT2D eigenvalue weighted by atomic mass is 32.2. The molecule has 0 unspecified atom stereocenters. The number of hydrogen-bond acceptors (Lipinski definition) is 2. The molecule has 0 aliphatic rings. The molecule has 98 valence electrons. The number of amidine groups is 1. The Labute approximate surface area is 114 Å². The molecule has 2 rings (SSSR count). The van der Waals surface area contributed by atoms with Gasteiger partial charge in [-0.1, -0.05) is 48.5 Å². The zero-order valence-corrected chi connectivity index (χ0v) is 11.8. The quantitative estimate of drug-likeness (QED) is 0.609. The molecule has 0 fully saturated rings. The molecule has 2 aromatic carbocycles. The van der Waals surface area contributed by atoms with E-state index in [0.29, 0.717) is 5.84 Å². The molecule has 0 aliphatic heterocycles. The van der Waals surface area contributed by atoms with Crippen LogP contribution in [0.3, 0.4) is 0 Å². The third-order valence-corrected chi connectivity index (χ3v) is 2.94. The van der Waals surface area contributed by atoms with Crippen LogP contribution in [0.1, 0.15) is 5.56 Å². The fraction of sp³-hybridized carbons (Fsp3) is 0.133. The van der Waals surface area contributed by atoms with Gasteiger partial charge in [0, 0.05) is 27.8 Å². The maximum absolute atomic E-state index is 11.9. The number of aliphatic imine (C=N–C) groups is 1. The second kappa shape index (κ2) is 5.80. The van der Waals surface area contributed by atoms with E-state index < -0.39 is 9.73 Å². The van der Waals surface area contributed by atoms with Gasteiger partial charge >= 0.3 is 0 Å². The Morgan fingerprint density at radius 1 is 0.895 bits per heavy atom. The monoisotopic (exact) mass is 272 g/mol. The van der Waals surface area contributed by atoms with Gasteiger partial charge < -0.3 is 0 Å². The Balaban J connectivity index is 2.54. The van der Waals surface area contributed by atoms with Crippen molar-refractivity contribution in [2.45, 2.75) is 0 Å². The Hall–Kier alpha value is -1.94. The minimum Gasteiger partial charge on any atom is -0.250 e. The summed E-state index contributed by atoms with van der Waals surface area (Å²) in [5, 5.41) is 0. The van der Waals surface area contributed by atoms with Gasteiger partial charge in [0.05, 0.1) is 5.69 Å². The molecule has 0 radical (unpaired) electrons. The second-order valence-corrected chi connectivity index (χ2v) is 6.95. The molecule has 0 saturated carbocycles. The lowest BCUT2D eigenvalue weighted by molar-refractivity contribution is 0.685. The Morgan fingerprint density at radius 3 is 1.95 bits per heavy atom. The van der Waals surface area contributed by atoms with Crippen LogP contribution in [-0.2, 0) is 9.73 Å². The number of hydrogen-bond donors (Lipinski definition) is 0. The molecule has 2 aromatic rings. The summed E-state index contributed by atoms with van der Waals surface area (Å²) in [5.74, 6) is 0.502. The zero-order valence-electron chi connectivity index (χ0n) is 11.0. The summed E-state index contributed by atoms with van der Waals surface area (Å²) < 4.78 is 16.2. The van der Waals surface area contributed by atoms with Gasteiger partial charge in [0.15, 0.2) is 5.84 Å². The summed E-state index contributed by atoms with van der Waals surface area (Å²) in [7, 11) is -2.25. The Morgan fingerprint density at radius 2 is 1.42 bits per heavy atom. The lowest BCUT2D eigenvalue weighted by Crippen LogP contribution is -2.02. The van der Waals surface area contributed by atoms with Crippen molar-refractivity contribution in [1.82, 2.24) is 0 Å². The van der Waals surface area contributed by atoms with E-state index in [0.717, 1.165) is 11.3 Å². The second-order valence-electron chi connectivity index (χ2n) is 4.41. The standard InChI is InChI=1S/C15H16N2OS/c1-19(2,18)17-15(13-9-5-3-6-10-13)16-14-11-7-4-8-12-14/h3-12H,1-2H3. The number of rotatable bonds is 2. The average molecular weight is 272 g/mol. The maximum Gasteiger partial charge on any atom is 0.169 e. The lowest BCUT2D eigenvalue weighted by atomic mass is 10.2. The molecule has 0 aromatic heterocycles. The first-order chi connectivity index (χ1) is 9.04. The van der Waals surface area contributed by atoms with Crippen molar-refractivity contribution in [3.8, 4) is 0 Å². The molecule has 19 heavy (non-hydrogen) atoms. The van der Waals surface area contributed by atoms with Crippen LogP contribution < -0.4 is 0 Å². The first-order valence-electron chi connectivity index (χ1n) is 5.91. The van der Waals surface area contributed by atoms with Crippen LogP contribution in [-0.4, -0.2) is 22.6 Å². The van der Waals surface area contributed by atoms with E-state index in [1.54, 1.807) is 12.5 Å². The van der Waals surface area contributed by atoms with Crippen molar-refractivity contribution in [2.24, 2.45) is 9.36 Å². The summed E-state index contributed by atoms with van der Waals surface area (Å²) in [6.45, 7) is 0. The van der Waals surface area contributed by atoms with Gasteiger partial charge in [-0.25, -0.2) is 9.20 Å². The van der Waals surface area contributed by atoms with E-state index in [1.165, 1.54) is 0 Å². The van der Waals surface area contributed by atoms with Gasteiger partial charge in [-0.3, -0.25) is 0 Å². The summed E-state index contributed by atoms with van der Waals surface area (Å²) in [6, 6.07) is 19.1. The van der Waals surface area contributed by atoms with E-state index in [2.05, 4.69) is 9.36 Å². The number of para-hydroxylation sites is 1. The van der Waals surface area contributed by atoms with Crippen LogP contribution in [0, 0.1) is 0 Å². The first-order valence-corrected chi connectivity index (χ1v) is 8.24. The molecule has 3 nitrogen and oxygen atoms in total. The normalized spacial score (nSPS) is 12.2. The molecule has 0 heterocycles. The van der Waals surface area contributed by atoms with Gasteiger partial charge in [-0.2, -0.15) is 4.36 Å². The van der Waals surface area contributed by atoms with Crippen LogP contribution in [0.4, 0.5) is 5.69 Å². The van der Waals surface area contributed by atoms with Gasteiger partial charge in [-0.05, 0) is 12.1 Å². The van der Waals surface area contributed by atoms with E-state index in [9.17, 15) is 4.21 Å². The van der Waals surface area contributed by atoms with Gasteiger partial charge in [0.1, 0.15) is 0 Å². The predicted octanol–water partition coefficient (Wildman–Crippen LogP) is 3.49. The highest BCUT2D eigenvalue weighted by molar-refractivity contribution is 7.92. The highest BCUT2D eigenvalue weighted by Gasteiger charge is 2.04. The van der Waals surface area contributed by atoms with Crippen LogP contribution in [0.2, 0.25) is 0 Å². The van der Waals surface area contributed by atoms with Crippen molar-refractivity contribution in [1.29, 1.82) is 0 Å². The molecule has 4 heteroatoms. The van der Waals surface area contributed by atoms with Gasteiger partial charge in [0.2, 0.25) is 0 Å². The summed E-state index contributed by atoms with van der Waals surface area (Å²) in [6.07, 6.45) is 3.22. The minimum atomic E-state index is -2.25. The van der Waals surface area contributed by atoms with E-state index >= 15 is 0 Å². The minimum absolute atomic E-state index is 0.502. The molecular formula is C15H16N2OS. The summed E-state index contributed by atoms with van der Waals surface area (Å²) >= 11 is 0. The molecular weight excluding hydrogens is 256 g/mol. The fourth-order valence-electron chi connectivity index (χ4n) is 1.56. The van der Waals surface area contributed by atoms with Crippen LogP contribution >= 0.6 is 0 Å². The van der Waals surface area contributed by atoms with Crippen molar-refractivity contribution < 1.29 is 4.21 Å². The van der Waals surface area contributed by atoms with Crippen molar-refractivity contribution in [2.75, 3.05) is 12.5 Å². The maximum atomic E-state index is 11.9. The highest BCUT2D eigenvalue weighted by Crippen LogP contribution is 2.14. The fourth-order valence-corrected chi connectivity index (χ4v) is 2.12. The van der Waals surface area contributed by atoms with Crippen molar-refractivity contribution >= 4 is 21.3 Å². The molecule has 0 N–H and O–H groups in total. The third-order valence-electron chi connectivity index (χ3n) is 2.33. The average Bonchev–Trinajstić information content (AvgIpc) is 2.39. The zero-order chi connectivity index (χ0) is 13.7. The van der Waals surface area contributed by atoms with Gasteiger partial charge in [0.25, 0.3) is 0 Å². The molecule has 0 aliphatic carbocycles. The molecule has 0 atom stereocenters. The Bertz CT molecular complexity index is 677. The van der Waals surface area contributed by atoms with E-state index in [1.807, 2.05) is 60.7 Å². The van der Waals surface area contributed by atoms with Gasteiger partial charge in [-0.15, -0.1) is 0 Å². The smallest absolute Gasteiger partial charge is 0.169 e. The Kier molecular flexibility index (Phi) is 4.12. The SMILES string of the molecule is CS(C)(=O)=NC(=Nc1ccccc1)c1ccccc1. The molecule has 0 saturated heterocycles. The lowest BCUT2D eigenvalue weighted by Gasteiger charge is -2.03. The number of nitrogens with zero attached hydrogens (tertiary/aromatic N) is 2. The van der Waals surface area contributed by atoms with E-state index in [-0.39, 0.29) is 0 Å². The van der Waals surface area contributed by atoms with Crippen LogP contribution in [0.25, 0.3) is 0 Å². The summed E-state index contributed by atoms with van der Waals surface area (Å²) in [4.78, 5) is 4.49. The van der Waals surface area contributed by atoms with Crippen molar-refractivity contribution in [3.63, 3.8) is 0 Å². The molecule has 0 amide bonds. The van der Waals surface area contributed by atoms with Crippen LogP contribution in [0.15, 0.2) is 70.0 Å². The summed E-state index contributed by atoms with van der Waals surface area (Å²) in [5.41, 5.74) is 1.66. The van der Waals surface area contributed by atoms with Crippen molar-refractivity contribution in [3.05, 3.63) is 66.2 Å².